The number of rotatable bonds is 3. The summed E-state index contributed by atoms with van der Waals surface area (Å²) in [4.78, 5) is 11.7. The average molecular weight is 243 g/mol. The Balaban J connectivity index is 1.98. The molecule has 1 amide bonds. The van der Waals surface area contributed by atoms with Gasteiger partial charge in [-0.05, 0) is 36.8 Å². The summed E-state index contributed by atoms with van der Waals surface area (Å²) >= 11 is 0. The number of amides is 1. The van der Waals surface area contributed by atoms with Crippen molar-refractivity contribution in [1.29, 1.82) is 0 Å². The second kappa shape index (κ2) is 5.45. The highest BCUT2D eigenvalue weighted by Gasteiger charge is 2.04. The minimum absolute atomic E-state index is 0.149. The Morgan fingerprint density at radius 3 is 2.56 bits per heavy atom. The fraction of sp³-hybridized carbons (Fsp3) is 0.133. The summed E-state index contributed by atoms with van der Waals surface area (Å²) in [5.41, 5.74) is 2.56. The minimum atomic E-state index is -0.323. The largest absolute Gasteiger partial charge is 0.326 e. The molecule has 0 fully saturated rings. The lowest BCUT2D eigenvalue weighted by molar-refractivity contribution is -0.115. The van der Waals surface area contributed by atoms with Crippen LogP contribution in [0.25, 0.3) is 0 Å². The second-order valence-electron chi connectivity index (χ2n) is 4.22. The maximum absolute atomic E-state index is 13.0. The van der Waals surface area contributed by atoms with Gasteiger partial charge in [0.2, 0.25) is 5.91 Å². The number of halogens is 1. The SMILES string of the molecule is Cc1ccc(NC(=O)Cc2cccc(F)c2)cc1. The van der Waals surface area contributed by atoms with E-state index in [2.05, 4.69) is 5.32 Å². The summed E-state index contributed by atoms with van der Waals surface area (Å²) in [6.07, 6.45) is 0.172. The Kier molecular flexibility index (Phi) is 3.72. The van der Waals surface area contributed by atoms with Gasteiger partial charge in [0.1, 0.15) is 5.82 Å². The molecule has 0 saturated carbocycles. The molecule has 0 aliphatic rings. The third kappa shape index (κ3) is 3.42. The second-order valence-corrected chi connectivity index (χ2v) is 4.22. The van der Waals surface area contributed by atoms with Crippen molar-refractivity contribution in [3.8, 4) is 0 Å². The molecule has 0 heterocycles. The Hall–Kier alpha value is -2.16. The molecule has 2 rings (SSSR count). The zero-order valence-corrected chi connectivity index (χ0v) is 10.1. The number of aryl methyl sites for hydroxylation is 1. The first-order valence-electron chi connectivity index (χ1n) is 5.74. The first kappa shape index (κ1) is 12.3. The number of anilines is 1. The normalized spacial score (nSPS) is 10.1. The van der Waals surface area contributed by atoms with Crippen molar-refractivity contribution in [3.05, 3.63) is 65.5 Å². The van der Waals surface area contributed by atoms with E-state index in [0.29, 0.717) is 5.56 Å². The lowest BCUT2D eigenvalue weighted by Crippen LogP contribution is -2.14. The Bertz CT molecular complexity index is 549. The summed E-state index contributed by atoms with van der Waals surface area (Å²) < 4.78 is 13.0. The molecule has 92 valence electrons. The molecule has 0 aromatic heterocycles. The topological polar surface area (TPSA) is 29.1 Å². The van der Waals surface area contributed by atoms with Gasteiger partial charge in [0, 0.05) is 5.69 Å². The number of nitrogens with one attached hydrogen (secondary N) is 1. The van der Waals surface area contributed by atoms with E-state index in [4.69, 9.17) is 0 Å². The van der Waals surface area contributed by atoms with Crippen molar-refractivity contribution in [2.75, 3.05) is 5.32 Å². The molecule has 0 bridgehead atoms. The van der Waals surface area contributed by atoms with Gasteiger partial charge in [0.15, 0.2) is 0 Å². The van der Waals surface area contributed by atoms with Gasteiger partial charge in [-0.2, -0.15) is 0 Å². The Labute approximate surface area is 105 Å². The zero-order chi connectivity index (χ0) is 13.0. The number of benzene rings is 2. The summed E-state index contributed by atoms with van der Waals surface area (Å²) in [5.74, 6) is -0.472. The lowest BCUT2D eigenvalue weighted by Gasteiger charge is -2.05. The molecule has 2 aromatic carbocycles. The maximum Gasteiger partial charge on any atom is 0.228 e. The van der Waals surface area contributed by atoms with Crippen LogP contribution in [0, 0.1) is 12.7 Å². The molecular formula is C15H14FNO. The standard InChI is InChI=1S/C15H14FNO/c1-11-5-7-14(8-6-11)17-15(18)10-12-3-2-4-13(16)9-12/h2-9H,10H2,1H3,(H,17,18). The first-order valence-corrected chi connectivity index (χ1v) is 5.74. The molecule has 18 heavy (non-hydrogen) atoms. The summed E-state index contributed by atoms with van der Waals surface area (Å²) in [7, 11) is 0. The molecule has 0 aliphatic heterocycles. The smallest absolute Gasteiger partial charge is 0.228 e. The highest BCUT2D eigenvalue weighted by Crippen LogP contribution is 2.10. The molecule has 0 saturated heterocycles. The molecule has 2 nitrogen and oxygen atoms in total. The predicted molar refractivity (Wildman–Crippen MR) is 69.9 cm³/mol. The third-order valence-electron chi connectivity index (χ3n) is 2.59. The Morgan fingerprint density at radius 2 is 1.89 bits per heavy atom. The molecule has 0 radical (unpaired) electrons. The number of hydrogen-bond acceptors (Lipinski definition) is 1. The van der Waals surface area contributed by atoms with Crippen LogP contribution in [0.1, 0.15) is 11.1 Å². The van der Waals surface area contributed by atoms with Gasteiger partial charge in [-0.25, -0.2) is 4.39 Å². The van der Waals surface area contributed by atoms with E-state index < -0.39 is 0 Å². The molecular weight excluding hydrogens is 229 g/mol. The van der Waals surface area contributed by atoms with Gasteiger partial charge in [0.05, 0.1) is 6.42 Å². The third-order valence-corrected chi connectivity index (χ3v) is 2.59. The molecule has 0 aliphatic carbocycles. The number of hydrogen-bond donors (Lipinski definition) is 1. The number of carbonyl (C=O) groups excluding carboxylic acids is 1. The fourth-order valence-electron chi connectivity index (χ4n) is 1.67. The molecule has 1 N–H and O–H groups in total. The van der Waals surface area contributed by atoms with Crippen molar-refractivity contribution in [2.45, 2.75) is 13.3 Å². The van der Waals surface area contributed by atoms with Gasteiger partial charge >= 0.3 is 0 Å². The minimum Gasteiger partial charge on any atom is -0.326 e. The van der Waals surface area contributed by atoms with Crippen LogP contribution >= 0.6 is 0 Å². The highest BCUT2D eigenvalue weighted by molar-refractivity contribution is 5.92. The fourth-order valence-corrected chi connectivity index (χ4v) is 1.67. The summed E-state index contributed by atoms with van der Waals surface area (Å²) in [6.45, 7) is 1.98. The first-order chi connectivity index (χ1) is 8.63. The van der Waals surface area contributed by atoms with E-state index in [1.807, 2.05) is 31.2 Å². The van der Waals surface area contributed by atoms with E-state index in [0.717, 1.165) is 11.3 Å². The molecule has 0 spiro atoms. The quantitative estimate of drug-likeness (QED) is 0.880. The molecule has 0 unspecified atom stereocenters. The van der Waals surface area contributed by atoms with E-state index in [1.165, 1.54) is 12.1 Å². The van der Waals surface area contributed by atoms with Crippen LogP contribution in [0.5, 0.6) is 0 Å². The molecule has 0 atom stereocenters. The van der Waals surface area contributed by atoms with Gasteiger partial charge in [0.25, 0.3) is 0 Å². The van der Waals surface area contributed by atoms with Crippen LogP contribution in [0.2, 0.25) is 0 Å². The monoisotopic (exact) mass is 243 g/mol. The highest BCUT2D eigenvalue weighted by atomic mass is 19.1. The van der Waals surface area contributed by atoms with Gasteiger partial charge in [-0.15, -0.1) is 0 Å². The van der Waals surface area contributed by atoms with Crippen LogP contribution < -0.4 is 5.32 Å². The van der Waals surface area contributed by atoms with Crippen molar-refractivity contribution < 1.29 is 9.18 Å². The lowest BCUT2D eigenvalue weighted by atomic mass is 10.1. The van der Waals surface area contributed by atoms with Crippen molar-refractivity contribution >= 4 is 11.6 Å². The van der Waals surface area contributed by atoms with E-state index in [9.17, 15) is 9.18 Å². The van der Waals surface area contributed by atoms with Gasteiger partial charge in [-0.3, -0.25) is 4.79 Å². The van der Waals surface area contributed by atoms with Crippen molar-refractivity contribution in [2.24, 2.45) is 0 Å². The summed E-state index contributed by atoms with van der Waals surface area (Å²) in [5, 5.41) is 2.78. The Morgan fingerprint density at radius 1 is 1.17 bits per heavy atom. The van der Waals surface area contributed by atoms with Gasteiger partial charge < -0.3 is 5.32 Å². The van der Waals surface area contributed by atoms with Crippen LogP contribution in [0.15, 0.2) is 48.5 Å². The molecule has 2 aromatic rings. The maximum atomic E-state index is 13.0. The van der Waals surface area contributed by atoms with Crippen LogP contribution in [0.4, 0.5) is 10.1 Å². The predicted octanol–water partition coefficient (Wildman–Crippen LogP) is 3.32. The van der Waals surface area contributed by atoms with E-state index in [1.54, 1.807) is 12.1 Å². The van der Waals surface area contributed by atoms with Crippen LogP contribution in [-0.4, -0.2) is 5.91 Å². The van der Waals surface area contributed by atoms with Crippen molar-refractivity contribution in [3.63, 3.8) is 0 Å². The van der Waals surface area contributed by atoms with E-state index in [-0.39, 0.29) is 18.1 Å². The van der Waals surface area contributed by atoms with Crippen molar-refractivity contribution in [1.82, 2.24) is 0 Å². The van der Waals surface area contributed by atoms with Gasteiger partial charge in [-0.1, -0.05) is 29.8 Å². The average Bonchev–Trinajstić information content (AvgIpc) is 2.32. The molecule has 3 heteroatoms. The summed E-state index contributed by atoms with van der Waals surface area (Å²) in [6, 6.07) is 13.6. The van der Waals surface area contributed by atoms with Crippen LogP contribution in [0.3, 0.4) is 0 Å². The van der Waals surface area contributed by atoms with Crippen LogP contribution in [-0.2, 0) is 11.2 Å². The van der Waals surface area contributed by atoms with E-state index >= 15 is 0 Å². The zero-order valence-electron chi connectivity index (χ0n) is 10.1. The number of carbonyl (C=O) groups is 1.